The molecular weight excluding hydrogens is 310 g/mol. The molecule has 2 rings (SSSR count). The molecule has 1 aromatic carbocycles. The Bertz CT molecular complexity index is 579. The summed E-state index contributed by atoms with van der Waals surface area (Å²) in [4.78, 5) is 24.7. The first kappa shape index (κ1) is 18.3. The summed E-state index contributed by atoms with van der Waals surface area (Å²) >= 11 is 0. The lowest BCUT2D eigenvalue weighted by atomic mass is 9.91. The minimum atomic E-state index is -1.68. The molecular formula is C18H25NO5. The summed E-state index contributed by atoms with van der Waals surface area (Å²) in [6.45, 7) is 3.16. The first-order chi connectivity index (χ1) is 11.4. The van der Waals surface area contributed by atoms with E-state index in [2.05, 4.69) is 0 Å². The normalized spacial score (nSPS) is 16.7. The number of likely N-dealkylation sites (tertiary alicyclic amines) is 1. The van der Waals surface area contributed by atoms with Gasteiger partial charge in [0.1, 0.15) is 5.75 Å². The maximum absolute atomic E-state index is 12.1. The van der Waals surface area contributed by atoms with Crippen LogP contribution in [0.25, 0.3) is 0 Å². The van der Waals surface area contributed by atoms with E-state index in [1.54, 1.807) is 4.90 Å². The molecule has 1 saturated heterocycles. The summed E-state index contributed by atoms with van der Waals surface area (Å²) in [5.74, 6) is -0.355. The van der Waals surface area contributed by atoms with Crippen molar-refractivity contribution in [2.24, 2.45) is 0 Å². The summed E-state index contributed by atoms with van der Waals surface area (Å²) in [6.07, 6.45) is 2.11. The predicted octanol–water partition coefficient (Wildman–Crippen LogP) is 1.98. The average Bonchev–Trinajstić information content (AvgIpc) is 2.55. The van der Waals surface area contributed by atoms with Crippen LogP contribution in [0, 0.1) is 6.92 Å². The quantitative estimate of drug-likeness (QED) is 0.744. The molecule has 0 aliphatic carbocycles. The minimum Gasteiger partial charge on any atom is -0.494 e. The molecule has 1 aliphatic rings. The number of carboxylic acid groups (broad SMARTS) is 1. The van der Waals surface area contributed by atoms with Gasteiger partial charge in [-0.05, 0) is 37.5 Å². The van der Waals surface area contributed by atoms with E-state index in [9.17, 15) is 14.7 Å². The number of benzene rings is 1. The number of aliphatic hydroxyl groups is 1. The number of hydrogen-bond donors (Lipinski definition) is 2. The van der Waals surface area contributed by atoms with Gasteiger partial charge >= 0.3 is 5.97 Å². The number of rotatable bonds is 7. The van der Waals surface area contributed by atoms with Crippen LogP contribution in [-0.4, -0.2) is 52.3 Å². The number of piperidine rings is 1. The maximum atomic E-state index is 12.1. The van der Waals surface area contributed by atoms with Crippen molar-refractivity contribution in [1.82, 2.24) is 4.90 Å². The Balaban J connectivity index is 1.63. The van der Waals surface area contributed by atoms with Crippen LogP contribution in [0.1, 0.15) is 37.7 Å². The van der Waals surface area contributed by atoms with E-state index in [4.69, 9.17) is 9.84 Å². The third kappa shape index (κ3) is 4.96. The number of ether oxygens (including phenoxy) is 1. The monoisotopic (exact) mass is 335 g/mol. The van der Waals surface area contributed by atoms with Gasteiger partial charge in [0.25, 0.3) is 0 Å². The molecule has 1 aromatic rings. The Kier molecular flexibility index (Phi) is 6.20. The number of carboxylic acids is 1. The van der Waals surface area contributed by atoms with E-state index in [0.29, 0.717) is 26.1 Å². The fourth-order valence-corrected chi connectivity index (χ4v) is 2.77. The maximum Gasteiger partial charge on any atom is 0.335 e. The molecule has 0 unspecified atom stereocenters. The van der Waals surface area contributed by atoms with Gasteiger partial charge in [-0.3, -0.25) is 4.79 Å². The molecule has 0 saturated carbocycles. The third-order valence-electron chi connectivity index (χ3n) is 4.38. The van der Waals surface area contributed by atoms with E-state index in [1.807, 2.05) is 31.2 Å². The Morgan fingerprint density at radius 2 is 1.96 bits per heavy atom. The number of carbonyl (C=O) groups excluding carboxylic acids is 1. The van der Waals surface area contributed by atoms with Gasteiger partial charge in [0.05, 0.1) is 6.61 Å². The standard InChI is InChI=1S/C18H25NO5/c1-14-5-4-6-15(13-14)24-12-3-2-7-16(20)19-10-8-18(23,9-11-19)17(21)22/h4-6,13,23H,2-3,7-12H2,1H3,(H,21,22). The van der Waals surface area contributed by atoms with Crippen LogP contribution in [0.2, 0.25) is 0 Å². The number of hydrogen-bond acceptors (Lipinski definition) is 4. The van der Waals surface area contributed by atoms with Crippen LogP contribution in [0.3, 0.4) is 0 Å². The SMILES string of the molecule is Cc1cccc(OCCCCC(=O)N2CCC(O)(C(=O)O)CC2)c1. The van der Waals surface area contributed by atoms with E-state index < -0.39 is 11.6 Å². The molecule has 6 nitrogen and oxygen atoms in total. The molecule has 24 heavy (non-hydrogen) atoms. The summed E-state index contributed by atoms with van der Waals surface area (Å²) < 4.78 is 5.64. The zero-order valence-electron chi connectivity index (χ0n) is 14.0. The van der Waals surface area contributed by atoms with E-state index in [0.717, 1.165) is 24.2 Å². The number of nitrogens with zero attached hydrogens (tertiary/aromatic N) is 1. The molecule has 1 heterocycles. The van der Waals surface area contributed by atoms with E-state index in [-0.39, 0.29) is 18.7 Å². The Labute approximate surface area is 142 Å². The van der Waals surface area contributed by atoms with Crippen molar-refractivity contribution < 1.29 is 24.5 Å². The van der Waals surface area contributed by atoms with Gasteiger partial charge in [0, 0.05) is 32.4 Å². The highest BCUT2D eigenvalue weighted by Crippen LogP contribution is 2.23. The molecule has 1 aliphatic heterocycles. The molecule has 132 valence electrons. The summed E-state index contributed by atoms with van der Waals surface area (Å²) in [5.41, 5.74) is -0.535. The van der Waals surface area contributed by atoms with Crippen molar-refractivity contribution in [3.8, 4) is 5.75 Å². The Hall–Kier alpha value is -2.08. The smallest absolute Gasteiger partial charge is 0.335 e. The molecule has 1 amide bonds. The zero-order chi connectivity index (χ0) is 17.6. The van der Waals surface area contributed by atoms with Crippen LogP contribution >= 0.6 is 0 Å². The fraction of sp³-hybridized carbons (Fsp3) is 0.556. The first-order valence-electron chi connectivity index (χ1n) is 8.34. The van der Waals surface area contributed by atoms with Crippen molar-refractivity contribution in [3.05, 3.63) is 29.8 Å². The van der Waals surface area contributed by atoms with Crippen LogP contribution < -0.4 is 4.74 Å². The second-order valence-corrected chi connectivity index (χ2v) is 6.34. The first-order valence-corrected chi connectivity index (χ1v) is 8.34. The Morgan fingerprint density at radius 3 is 2.58 bits per heavy atom. The van der Waals surface area contributed by atoms with Crippen molar-refractivity contribution in [2.45, 2.75) is 44.6 Å². The zero-order valence-corrected chi connectivity index (χ0v) is 14.0. The van der Waals surface area contributed by atoms with Crippen molar-refractivity contribution in [2.75, 3.05) is 19.7 Å². The molecule has 0 atom stereocenters. The summed E-state index contributed by atoms with van der Waals surface area (Å²) in [6, 6.07) is 7.84. The number of carbonyl (C=O) groups is 2. The van der Waals surface area contributed by atoms with Gasteiger partial charge in [-0.25, -0.2) is 4.79 Å². The van der Waals surface area contributed by atoms with Crippen LogP contribution in [0.4, 0.5) is 0 Å². The van der Waals surface area contributed by atoms with Crippen molar-refractivity contribution in [1.29, 1.82) is 0 Å². The molecule has 2 N–H and O–H groups in total. The lowest BCUT2D eigenvalue weighted by Gasteiger charge is -2.35. The van der Waals surface area contributed by atoms with Crippen LogP contribution in [-0.2, 0) is 9.59 Å². The van der Waals surface area contributed by atoms with Gasteiger partial charge in [-0.15, -0.1) is 0 Å². The predicted molar refractivity (Wildman–Crippen MR) is 88.9 cm³/mol. The number of unbranched alkanes of at least 4 members (excludes halogenated alkanes) is 1. The van der Waals surface area contributed by atoms with Crippen molar-refractivity contribution >= 4 is 11.9 Å². The largest absolute Gasteiger partial charge is 0.494 e. The second-order valence-electron chi connectivity index (χ2n) is 6.34. The average molecular weight is 335 g/mol. The number of amides is 1. The number of aryl methyl sites for hydroxylation is 1. The lowest BCUT2D eigenvalue weighted by Crippen LogP contribution is -2.50. The molecule has 1 fully saturated rings. The van der Waals surface area contributed by atoms with E-state index in [1.165, 1.54) is 0 Å². The van der Waals surface area contributed by atoms with Gasteiger partial charge in [-0.2, -0.15) is 0 Å². The van der Waals surface area contributed by atoms with Crippen LogP contribution in [0.15, 0.2) is 24.3 Å². The Morgan fingerprint density at radius 1 is 1.25 bits per heavy atom. The van der Waals surface area contributed by atoms with Gasteiger partial charge in [-0.1, -0.05) is 12.1 Å². The fourth-order valence-electron chi connectivity index (χ4n) is 2.77. The second kappa shape index (κ2) is 8.15. The van der Waals surface area contributed by atoms with E-state index >= 15 is 0 Å². The van der Waals surface area contributed by atoms with Gasteiger partial charge < -0.3 is 19.8 Å². The van der Waals surface area contributed by atoms with Crippen LogP contribution in [0.5, 0.6) is 5.75 Å². The molecule has 0 aromatic heterocycles. The third-order valence-corrected chi connectivity index (χ3v) is 4.38. The molecule has 6 heteroatoms. The summed E-state index contributed by atoms with van der Waals surface area (Å²) in [7, 11) is 0. The van der Waals surface area contributed by atoms with Crippen molar-refractivity contribution in [3.63, 3.8) is 0 Å². The highest BCUT2D eigenvalue weighted by Gasteiger charge is 2.40. The minimum absolute atomic E-state index is 0.0120. The summed E-state index contributed by atoms with van der Waals surface area (Å²) in [5, 5.41) is 18.8. The topological polar surface area (TPSA) is 87.1 Å². The van der Waals surface area contributed by atoms with Gasteiger partial charge in [0.15, 0.2) is 5.60 Å². The highest BCUT2D eigenvalue weighted by atomic mass is 16.5. The number of aliphatic carboxylic acids is 1. The van der Waals surface area contributed by atoms with Gasteiger partial charge in [0.2, 0.25) is 5.91 Å². The molecule has 0 spiro atoms. The molecule has 0 bridgehead atoms. The highest BCUT2D eigenvalue weighted by molar-refractivity contribution is 5.79. The molecule has 0 radical (unpaired) electrons. The lowest BCUT2D eigenvalue weighted by molar-refractivity contribution is -0.165.